The minimum absolute atomic E-state index is 0.0183. The van der Waals surface area contributed by atoms with Crippen molar-refractivity contribution in [2.24, 2.45) is 5.92 Å². The monoisotopic (exact) mass is 294 g/mol. The van der Waals surface area contributed by atoms with Gasteiger partial charge in [-0.15, -0.1) is 0 Å². The lowest BCUT2D eigenvalue weighted by atomic mass is 9.94. The van der Waals surface area contributed by atoms with Gasteiger partial charge in [0, 0.05) is 19.0 Å². The molecule has 1 saturated heterocycles. The Kier molecular flexibility index (Phi) is 3.19. The second kappa shape index (κ2) is 4.79. The zero-order valence-corrected chi connectivity index (χ0v) is 11.7. The van der Waals surface area contributed by atoms with Crippen LogP contribution in [0.3, 0.4) is 0 Å². The third-order valence-electron chi connectivity index (χ3n) is 4.25. The van der Waals surface area contributed by atoms with E-state index in [2.05, 4.69) is 5.32 Å². The van der Waals surface area contributed by atoms with Crippen LogP contribution in [0.15, 0.2) is 18.2 Å². The summed E-state index contributed by atoms with van der Waals surface area (Å²) in [6.45, 7) is 1.78. The molecule has 1 heterocycles. The molecule has 1 N–H and O–H groups in total. The average molecular weight is 294 g/mol. The van der Waals surface area contributed by atoms with Crippen LogP contribution in [0.25, 0.3) is 0 Å². The third-order valence-corrected chi connectivity index (χ3v) is 4.25. The number of nitrogens with zero attached hydrogens (tertiary/aromatic N) is 1. The van der Waals surface area contributed by atoms with Crippen LogP contribution in [0, 0.1) is 17.6 Å². The number of benzene rings is 1. The van der Waals surface area contributed by atoms with Gasteiger partial charge in [0.05, 0.1) is 5.69 Å². The molecule has 1 atom stereocenters. The first-order valence-corrected chi connectivity index (χ1v) is 7.00. The summed E-state index contributed by atoms with van der Waals surface area (Å²) in [6, 6.07) is 3.10. The van der Waals surface area contributed by atoms with Gasteiger partial charge >= 0.3 is 0 Å². The average Bonchev–Trinajstić information content (AvgIpc) is 3.24. The lowest BCUT2D eigenvalue weighted by molar-refractivity contribution is -0.130. The van der Waals surface area contributed by atoms with Crippen LogP contribution in [0.1, 0.15) is 26.2 Å². The highest BCUT2D eigenvalue weighted by molar-refractivity contribution is 6.04. The van der Waals surface area contributed by atoms with E-state index < -0.39 is 17.2 Å². The van der Waals surface area contributed by atoms with E-state index in [1.54, 1.807) is 6.92 Å². The van der Waals surface area contributed by atoms with Gasteiger partial charge in [-0.25, -0.2) is 8.78 Å². The fourth-order valence-electron chi connectivity index (χ4n) is 2.87. The maximum atomic E-state index is 14.0. The van der Waals surface area contributed by atoms with E-state index >= 15 is 0 Å². The van der Waals surface area contributed by atoms with Gasteiger partial charge in [-0.1, -0.05) is 0 Å². The molecule has 6 heteroatoms. The van der Waals surface area contributed by atoms with Gasteiger partial charge in [0.25, 0.3) is 5.91 Å². The molecule has 1 aromatic rings. The maximum absolute atomic E-state index is 14.0. The van der Waals surface area contributed by atoms with Crippen LogP contribution in [0.5, 0.6) is 0 Å². The fourth-order valence-corrected chi connectivity index (χ4v) is 2.87. The number of amides is 2. The van der Waals surface area contributed by atoms with E-state index in [9.17, 15) is 18.4 Å². The molecule has 0 bridgehead atoms. The number of carbonyl (C=O) groups is 2. The lowest BCUT2D eigenvalue weighted by Gasteiger charge is -2.32. The zero-order valence-electron chi connectivity index (χ0n) is 11.7. The van der Waals surface area contributed by atoms with Crippen molar-refractivity contribution in [1.29, 1.82) is 0 Å². The molecule has 112 valence electrons. The lowest BCUT2D eigenvalue weighted by Crippen LogP contribution is -2.57. The van der Waals surface area contributed by atoms with Crippen molar-refractivity contribution in [3.05, 3.63) is 29.8 Å². The molecule has 1 aliphatic heterocycles. The highest BCUT2D eigenvalue weighted by Crippen LogP contribution is 2.42. The third kappa shape index (κ3) is 2.39. The Morgan fingerprint density at radius 2 is 2.00 bits per heavy atom. The van der Waals surface area contributed by atoms with Gasteiger partial charge in [0.1, 0.15) is 17.2 Å². The minimum atomic E-state index is -1.01. The van der Waals surface area contributed by atoms with Crippen LogP contribution in [0.4, 0.5) is 14.5 Å². The molecule has 21 heavy (non-hydrogen) atoms. The topological polar surface area (TPSA) is 49.4 Å². The van der Waals surface area contributed by atoms with Crippen LogP contribution in [-0.4, -0.2) is 23.9 Å². The fraction of sp³-hybridized carbons (Fsp3) is 0.467. The molecule has 0 aromatic heterocycles. The smallest absolute Gasteiger partial charge is 0.252 e. The van der Waals surface area contributed by atoms with Gasteiger partial charge in [-0.05, 0) is 37.8 Å². The van der Waals surface area contributed by atoms with E-state index in [1.165, 1.54) is 11.0 Å². The van der Waals surface area contributed by atoms with Crippen LogP contribution in [-0.2, 0) is 9.59 Å². The maximum Gasteiger partial charge on any atom is 0.252 e. The molecule has 1 unspecified atom stereocenters. The number of carbonyl (C=O) groups excluding carboxylic acids is 2. The molecule has 2 fully saturated rings. The van der Waals surface area contributed by atoms with E-state index in [4.69, 9.17) is 0 Å². The number of rotatable bonds is 2. The molecule has 1 aliphatic carbocycles. The summed E-state index contributed by atoms with van der Waals surface area (Å²) in [4.78, 5) is 25.9. The summed E-state index contributed by atoms with van der Waals surface area (Å²) < 4.78 is 27.0. The quantitative estimate of drug-likeness (QED) is 0.907. The summed E-state index contributed by atoms with van der Waals surface area (Å²) in [7, 11) is 0. The number of nitrogens with one attached hydrogen (secondary N) is 1. The van der Waals surface area contributed by atoms with Gasteiger partial charge in [0.15, 0.2) is 0 Å². The minimum Gasteiger partial charge on any atom is -0.342 e. The molecule has 2 amide bonds. The van der Waals surface area contributed by atoms with Crippen molar-refractivity contribution in [2.75, 3.05) is 11.4 Å². The van der Waals surface area contributed by atoms with Crippen molar-refractivity contribution >= 4 is 17.5 Å². The second-order valence-corrected chi connectivity index (χ2v) is 5.83. The van der Waals surface area contributed by atoms with Crippen molar-refractivity contribution in [1.82, 2.24) is 5.32 Å². The molecule has 1 aromatic carbocycles. The Morgan fingerprint density at radius 3 is 2.62 bits per heavy atom. The zero-order chi connectivity index (χ0) is 15.2. The van der Waals surface area contributed by atoms with Crippen molar-refractivity contribution in [3.8, 4) is 0 Å². The second-order valence-electron chi connectivity index (χ2n) is 5.83. The molecule has 0 radical (unpaired) electrons. The van der Waals surface area contributed by atoms with Crippen molar-refractivity contribution < 1.29 is 18.4 Å². The Labute approximate surface area is 121 Å². The van der Waals surface area contributed by atoms with Gasteiger partial charge < -0.3 is 10.2 Å². The Morgan fingerprint density at radius 1 is 1.29 bits per heavy atom. The predicted octanol–water partition coefficient (Wildman–Crippen LogP) is 1.99. The summed E-state index contributed by atoms with van der Waals surface area (Å²) in [6.07, 6.45) is 1.83. The Hall–Kier alpha value is -1.98. The molecule has 2 aliphatic rings. The van der Waals surface area contributed by atoms with Crippen LogP contribution in [0.2, 0.25) is 0 Å². The number of hydrogen-bond donors (Lipinski definition) is 1. The summed E-state index contributed by atoms with van der Waals surface area (Å²) >= 11 is 0. The number of halogens is 2. The number of hydrogen-bond acceptors (Lipinski definition) is 2. The first-order chi connectivity index (χ1) is 9.91. The first-order valence-electron chi connectivity index (χ1n) is 7.00. The molecular formula is C15H16F2N2O2. The van der Waals surface area contributed by atoms with Gasteiger partial charge in [-0.2, -0.15) is 0 Å². The van der Waals surface area contributed by atoms with E-state index in [0.717, 1.165) is 25.0 Å². The van der Waals surface area contributed by atoms with Crippen LogP contribution < -0.4 is 10.2 Å². The molecule has 3 rings (SSSR count). The Bertz CT molecular complexity index is 616. The predicted molar refractivity (Wildman–Crippen MR) is 72.6 cm³/mol. The summed E-state index contributed by atoms with van der Waals surface area (Å²) in [5.74, 6) is -1.96. The highest BCUT2D eigenvalue weighted by Gasteiger charge is 2.51. The highest BCUT2D eigenvalue weighted by atomic mass is 19.1. The van der Waals surface area contributed by atoms with Crippen molar-refractivity contribution in [2.45, 2.75) is 31.7 Å². The van der Waals surface area contributed by atoms with Crippen molar-refractivity contribution in [3.63, 3.8) is 0 Å². The molecule has 4 nitrogen and oxygen atoms in total. The Balaban J connectivity index is 2.00. The van der Waals surface area contributed by atoms with E-state index in [1.807, 2.05) is 0 Å². The van der Waals surface area contributed by atoms with Gasteiger partial charge in [0.2, 0.25) is 5.91 Å². The summed E-state index contributed by atoms with van der Waals surface area (Å²) in [5.41, 5.74) is -0.987. The SMILES string of the molecule is CC1(C2CC2)NC(=O)CCN(c2ccc(F)cc2F)C1=O. The molecule has 0 spiro atoms. The molecule has 1 saturated carbocycles. The largest absolute Gasteiger partial charge is 0.342 e. The number of anilines is 1. The first kappa shape index (κ1) is 14.0. The van der Waals surface area contributed by atoms with E-state index in [-0.39, 0.29) is 36.4 Å². The molecular weight excluding hydrogens is 278 g/mol. The van der Waals surface area contributed by atoms with E-state index in [0.29, 0.717) is 0 Å². The van der Waals surface area contributed by atoms with Gasteiger partial charge in [-0.3, -0.25) is 9.59 Å². The van der Waals surface area contributed by atoms with Crippen LogP contribution >= 0.6 is 0 Å². The normalized spacial score (nSPS) is 26.5. The standard InChI is InChI=1S/C15H16F2N2O2/c1-15(9-2-3-9)14(21)19(7-6-13(20)18-15)12-5-4-10(16)8-11(12)17/h4-5,8-9H,2-3,6-7H2,1H3,(H,18,20). The summed E-state index contributed by atoms with van der Waals surface area (Å²) in [5, 5.41) is 2.77.